The Labute approximate surface area is 144 Å². The third-order valence-electron chi connectivity index (χ3n) is 4.41. The molecule has 132 valence electrons. The molecule has 2 heterocycles. The highest BCUT2D eigenvalue weighted by molar-refractivity contribution is 5.91. The molecule has 1 aliphatic heterocycles. The van der Waals surface area contributed by atoms with Crippen LogP contribution in [0.3, 0.4) is 0 Å². The third-order valence-corrected chi connectivity index (χ3v) is 4.41. The first-order valence-corrected chi connectivity index (χ1v) is 8.04. The third kappa shape index (κ3) is 3.67. The molecular formula is C17H19F2N5O. The van der Waals surface area contributed by atoms with Crippen LogP contribution in [0.5, 0.6) is 0 Å². The molecule has 1 fully saturated rings. The summed E-state index contributed by atoms with van der Waals surface area (Å²) < 4.78 is 27.2. The Kier molecular flexibility index (Phi) is 4.78. The van der Waals surface area contributed by atoms with Gasteiger partial charge in [-0.25, -0.2) is 18.7 Å². The van der Waals surface area contributed by atoms with Gasteiger partial charge in [0.1, 0.15) is 29.5 Å². The number of benzene rings is 1. The Bertz CT molecular complexity index is 785. The minimum atomic E-state index is -0.610. The van der Waals surface area contributed by atoms with Crippen LogP contribution in [0.25, 0.3) is 0 Å². The SMILES string of the molecule is CC1CCN(c2ccc(F)cc2F)CCN1c1cc(C(N)=O)ncn1. The molecule has 1 unspecified atom stereocenters. The number of nitrogens with zero attached hydrogens (tertiary/aromatic N) is 4. The number of carbonyl (C=O) groups excluding carboxylic acids is 1. The van der Waals surface area contributed by atoms with Gasteiger partial charge >= 0.3 is 0 Å². The van der Waals surface area contributed by atoms with Crippen LogP contribution in [0.15, 0.2) is 30.6 Å². The Balaban J connectivity index is 1.81. The van der Waals surface area contributed by atoms with Crippen LogP contribution in [-0.2, 0) is 0 Å². The lowest BCUT2D eigenvalue weighted by atomic mass is 10.2. The van der Waals surface area contributed by atoms with E-state index in [2.05, 4.69) is 9.97 Å². The minimum absolute atomic E-state index is 0.129. The van der Waals surface area contributed by atoms with E-state index in [4.69, 9.17) is 5.73 Å². The zero-order valence-electron chi connectivity index (χ0n) is 13.8. The molecule has 6 nitrogen and oxygen atoms in total. The number of primary amides is 1. The van der Waals surface area contributed by atoms with E-state index in [-0.39, 0.29) is 11.7 Å². The first-order chi connectivity index (χ1) is 12.0. The summed E-state index contributed by atoms with van der Waals surface area (Å²) in [5.41, 5.74) is 5.82. The molecule has 0 saturated carbocycles. The number of hydrogen-bond donors (Lipinski definition) is 1. The molecule has 1 saturated heterocycles. The number of carbonyl (C=O) groups is 1. The Morgan fingerprint density at radius 1 is 1.20 bits per heavy atom. The van der Waals surface area contributed by atoms with Crippen LogP contribution in [0, 0.1) is 11.6 Å². The maximum Gasteiger partial charge on any atom is 0.267 e. The fourth-order valence-electron chi connectivity index (χ4n) is 3.02. The van der Waals surface area contributed by atoms with Gasteiger partial charge in [0.25, 0.3) is 5.91 Å². The molecule has 0 radical (unpaired) electrons. The lowest BCUT2D eigenvalue weighted by Gasteiger charge is -2.28. The largest absolute Gasteiger partial charge is 0.367 e. The maximum absolute atomic E-state index is 14.1. The van der Waals surface area contributed by atoms with Gasteiger partial charge in [0.15, 0.2) is 0 Å². The average molecular weight is 347 g/mol. The van der Waals surface area contributed by atoms with Crippen LogP contribution in [0.1, 0.15) is 23.8 Å². The van der Waals surface area contributed by atoms with Crippen LogP contribution in [0.2, 0.25) is 0 Å². The molecule has 0 spiro atoms. The van der Waals surface area contributed by atoms with E-state index < -0.39 is 17.5 Å². The predicted octanol–water partition coefficient (Wildman–Crippen LogP) is 1.96. The van der Waals surface area contributed by atoms with Gasteiger partial charge in [0, 0.05) is 37.8 Å². The van der Waals surface area contributed by atoms with Gasteiger partial charge in [0.2, 0.25) is 0 Å². The summed E-state index contributed by atoms with van der Waals surface area (Å²) in [6.07, 6.45) is 2.07. The summed E-state index contributed by atoms with van der Waals surface area (Å²) >= 11 is 0. The Hall–Kier alpha value is -2.77. The molecule has 3 rings (SSSR count). The summed E-state index contributed by atoms with van der Waals surface area (Å²) in [6, 6.07) is 5.30. The number of aromatic nitrogens is 2. The highest BCUT2D eigenvalue weighted by Gasteiger charge is 2.24. The summed E-state index contributed by atoms with van der Waals surface area (Å²) in [6.45, 7) is 3.79. The number of amides is 1. The van der Waals surface area contributed by atoms with Crippen molar-refractivity contribution in [3.05, 3.63) is 47.9 Å². The van der Waals surface area contributed by atoms with Gasteiger partial charge in [0.05, 0.1) is 5.69 Å². The first kappa shape index (κ1) is 17.1. The van der Waals surface area contributed by atoms with Crippen molar-refractivity contribution in [2.75, 3.05) is 29.4 Å². The van der Waals surface area contributed by atoms with Gasteiger partial charge < -0.3 is 15.5 Å². The van der Waals surface area contributed by atoms with Crippen LogP contribution in [-0.4, -0.2) is 41.6 Å². The average Bonchev–Trinajstić information content (AvgIpc) is 2.77. The van der Waals surface area contributed by atoms with E-state index >= 15 is 0 Å². The van der Waals surface area contributed by atoms with Crippen molar-refractivity contribution in [2.45, 2.75) is 19.4 Å². The van der Waals surface area contributed by atoms with Gasteiger partial charge in [-0.05, 0) is 25.5 Å². The van der Waals surface area contributed by atoms with Crippen molar-refractivity contribution in [3.63, 3.8) is 0 Å². The zero-order chi connectivity index (χ0) is 18.0. The Morgan fingerprint density at radius 3 is 2.72 bits per heavy atom. The second-order valence-corrected chi connectivity index (χ2v) is 6.04. The van der Waals surface area contributed by atoms with Gasteiger partial charge in [-0.3, -0.25) is 4.79 Å². The second kappa shape index (κ2) is 7.00. The molecule has 2 aromatic rings. The number of rotatable bonds is 3. The first-order valence-electron chi connectivity index (χ1n) is 8.04. The van der Waals surface area contributed by atoms with Crippen molar-refractivity contribution in [2.24, 2.45) is 5.73 Å². The lowest BCUT2D eigenvalue weighted by Crippen LogP contribution is -2.36. The molecule has 8 heteroatoms. The van der Waals surface area contributed by atoms with Crippen molar-refractivity contribution in [1.29, 1.82) is 0 Å². The number of nitrogens with two attached hydrogens (primary N) is 1. The van der Waals surface area contributed by atoms with E-state index in [0.717, 1.165) is 12.5 Å². The van der Waals surface area contributed by atoms with Gasteiger partial charge in [-0.2, -0.15) is 0 Å². The molecular weight excluding hydrogens is 328 g/mol. The van der Waals surface area contributed by atoms with Crippen molar-refractivity contribution in [3.8, 4) is 0 Å². The van der Waals surface area contributed by atoms with Crippen molar-refractivity contribution < 1.29 is 13.6 Å². The summed E-state index contributed by atoms with van der Waals surface area (Å²) in [7, 11) is 0. The normalized spacial score (nSPS) is 18.1. The molecule has 25 heavy (non-hydrogen) atoms. The van der Waals surface area contributed by atoms with Gasteiger partial charge in [-0.1, -0.05) is 0 Å². The fraction of sp³-hybridized carbons (Fsp3) is 0.353. The van der Waals surface area contributed by atoms with Crippen molar-refractivity contribution >= 4 is 17.4 Å². The topological polar surface area (TPSA) is 75.3 Å². The van der Waals surface area contributed by atoms with Crippen LogP contribution in [0.4, 0.5) is 20.3 Å². The molecule has 2 N–H and O–H groups in total. The minimum Gasteiger partial charge on any atom is -0.367 e. The summed E-state index contributed by atoms with van der Waals surface area (Å²) in [5, 5.41) is 0. The van der Waals surface area contributed by atoms with E-state index in [0.29, 0.717) is 31.1 Å². The highest BCUT2D eigenvalue weighted by atomic mass is 19.1. The number of hydrogen-bond acceptors (Lipinski definition) is 5. The fourth-order valence-corrected chi connectivity index (χ4v) is 3.02. The lowest BCUT2D eigenvalue weighted by molar-refractivity contribution is 0.0995. The zero-order valence-corrected chi connectivity index (χ0v) is 13.8. The monoisotopic (exact) mass is 347 g/mol. The van der Waals surface area contributed by atoms with E-state index in [1.807, 2.05) is 16.7 Å². The molecule has 1 atom stereocenters. The smallest absolute Gasteiger partial charge is 0.267 e. The van der Waals surface area contributed by atoms with E-state index in [1.54, 1.807) is 6.07 Å². The van der Waals surface area contributed by atoms with Crippen LogP contribution < -0.4 is 15.5 Å². The quantitative estimate of drug-likeness (QED) is 0.919. The summed E-state index contributed by atoms with van der Waals surface area (Å²) in [4.78, 5) is 23.3. The molecule has 0 aliphatic carbocycles. The van der Waals surface area contributed by atoms with Crippen LogP contribution >= 0.6 is 0 Å². The Morgan fingerprint density at radius 2 is 2.00 bits per heavy atom. The molecule has 1 aromatic heterocycles. The standard InChI is InChI=1S/C17H19F2N5O/c1-11-4-5-23(15-3-2-12(18)8-13(15)19)6-7-24(11)16-9-14(17(20)25)21-10-22-16/h2-3,8-11H,4-7H2,1H3,(H2,20,25). The highest BCUT2D eigenvalue weighted by Crippen LogP contribution is 2.25. The van der Waals surface area contributed by atoms with E-state index in [1.165, 1.54) is 18.5 Å². The molecule has 1 aliphatic rings. The molecule has 1 aromatic carbocycles. The molecule has 1 amide bonds. The second-order valence-electron chi connectivity index (χ2n) is 6.04. The number of halogens is 2. The van der Waals surface area contributed by atoms with Crippen molar-refractivity contribution in [1.82, 2.24) is 9.97 Å². The number of anilines is 2. The molecule has 0 bridgehead atoms. The van der Waals surface area contributed by atoms with Gasteiger partial charge in [-0.15, -0.1) is 0 Å². The summed E-state index contributed by atoms with van der Waals surface area (Å²) in [5.74, 6) is -1.16. The predicted molar refractivity (Wildman–Crippen MR) is 90.5 cm³/mol. The maximum atomic E-state index is 14.1. The van der Waals surface area contributed by atoms with E-state index in [9.17, 15) is 13.6 Å².